The van der Waals surface area contributed by atoms with E-state index in [0.29, 0.717) is 5.52 Å². The topological polar surface area (TPSA) is 67.6 Å². The molecule has 0 bridgehead atoms. The van der Waals surface area contributed by atoms with Gasteiger partial charge >= 0.3 is 6.18 Å². The lowest BCUT2D eigenvalue weighted by molar-refractivity contribution is -0.137. The molecule has 7 heteroatoms. The molecule has 4 nitrogen and oxygen atoms in total. The summed E-state index contributed by atoms with van der Waals surface area (Å²) in [5, 5.41) is 9.24. The van der Waals surface area contributed by atoms with Crippen LogP contribution in [0.25, 0.3) is 11.0 Å². The van der Waals surface area contributed by atoms with Crippen LogP contribution in [0, 0.1) is 0 Å². The zero-order valence-electron chi connectivity index (χ0n) is 6.76. The van der Waals surface area contributed by atoms with E-state index in [1.165, 1.54) is 0 Å². The van der Waals surface area contributed by atoms with Gasteiger partial charge < -0.3 is 5.73 Å². The maximum atomic E-state index is 12.3. The third-order valence-corrected chi connectivity index (χ3v) is 1.79. The van der Waals surface area contributed by atoms with Gasteiger partial charge in [-0.1, -0.05) is 5.21 Å². The number of H-pyrrole nitrogens is 1. The minimum atomic E-state index is -4.42. The lowest BCUT2D eigenvalue weighted by Gasteiger charge is -2.06. The van der Waals surface area contributed by atoms with Crippen molar-refractivity contribution in [1.29, 1.82) is 0 Å². The van der Waals surface area contributed by atoms with Gasteiger partial charge in [-0.25, -0.2) is 0 Å². The van der Waals surface area contributed by atoms with Crippen LogP contribution in [0.1, 0.15) is 5.56 Å². The summed E-state index contributed by atoms with van der Waals surface area (Å²) in [4.78, 5) is 0. The number of nitrogens with one attached hydrogen (secondary N) is 1. The number of aromatic nitrogens is 3. The summed E-state index contributed by atoms with van der Waals surface area (Å²) in [6, 6.07) is 1.75. The van der Waals surface area contributed by atoms with Gasteiger partial charge in [-0.2, -0.15) is 13.2 Å². The van der Waals surface area contributed by atoms with Gasteiger partial charge in [0.2, 0.25) is 0 Å². The molecule has 0 radical (unpaired) electrons. The van der Waals surface area contributed by atoms with Gasteiger partial charge in [-0.15, -0.1) is 5.10 Å². The van der Waals surface area contributed by atoms with E-state index in [1.54, 1.807) is 0 Å². The lowest BCUT2D eigenvalue weighted by Crippen LogP contribution is -2.05. The Morgan fingerprint density at radius 1 is 1.29 bits per heavy atom. The van der Waals surface area contributed by atoms with E-state index < -0.39 is 11.7 Å². The zero-order chi connectivity index (χ0) is 10.3. The zero-order valence-corrected chi connectivity index (χ0v) is 6.76. The van der Waals surface area contributed by atoms with E-state index in [4.69, 9.17) is 5.73 Å². The third-order valence-electron chi connectivity index (χ3n) is 1.79. The summed E-state index contributed by atoms with van der Waals surface area (Å²) in [6.07, 6.45) is -4.42. The number of nitrogens with zero attached hydrogens (tertiary/aromatic N) is 2. The Balaban J connectivity index is 2.70. The summed E-state index contributed by atoms with van der Waals surface area (Å²) < 4.78 is 36.9. The molecule has 0 saturated carbocycles. The second kappa shape index (κ2) is 2.60. The van der Waals surface area contributed by atoms with Crippen LogP contribution in [-0.4, -0.2) is 15.4 Å². The number of nitrogens with two attached hydrogens (primary N) is 1. The van der Waals surface area contributed by atoms with Crippen LogP contribution in [0.15, 0.2) is 12.1 Å². The largest absolute Gasteiger partial charge is 0.416 e. The normalized spacial score (nSPS) is 12.2. The molecule has 2 rings (SSSR count). The van der Waals surface area contributed by atoms with Crippen molar-refractivity contribution in [2.75, 3.05) is 5.73 Å². The Kier molecular flexibility index (Phi) is 1.63. The maximum absolute atomic E-state index is 12.3. The number of rotatable bonds is 0. The molecular weight excluding hydrogens is 197 g/mol. The summed E-state index contributed by atoms with van der Waals surface area (Å²) in [6.45, 7) is 0. The van der Waals surface area contributed by atoms with Crippen molar-refractivity contribution in [3.05, 3.63) is 17.7 Å². The number of alkyl halides is 3. The van der Waals surface area contributed by atoms with Gasteiger partial charge in [0.1, 0.15) is 11.0 Å². The highest BCUT2D eigenvalue weighted by atomic mass is 19.4. The fraction of sp³-hybridized carbons (Fsp3) is 0.143. The monoisotopic (exact) mass is 202 g/mol. The number of benzene rings is 1. The van der Waals surface area contributed by atoms with Crippen LogP contribution in [0.3, 0.4) is 0 Å². The lowest BCUT2D eigenvalue weighted by atomic mass is 10.1. The predicted molar refractivity (Wildman–Crippen MR) is 43.3 cm³/mol. The summed E-state index contributed by atoms with van der Waals surface area (Å²) in [5.74, 6) is 0. The first-order valence-electron chi connectivity index (χ1n) is 3.66. The quantitative estimate of drug-likeness (QED) is 0.637. The van der Waals surface area contributed by atoms with Crippen LogP contribution in [0.5, 0.6) is 0 Å². The van der Waals surface area contributed by atoms with Gasteiger partial charge in [0, 0.05) is 0 Å². The Hall–Kier alpha value is -1.79. The standard InChI is InChI=1S/C7H5F3N4/c8-7(9,10)3-1-4(11)6-5(2-3)12-14-13-6/h1-2H,11H2,(H,12,13,14). The molecule has 0 aliphatic heterocycles. The first-order chi connectivity index (χ1) is 6.48. The molecule has 0 fully saturated rings. The number of halogens is 3. The Bertz CT molecular complexity index is 473. The van der Waals surface area contributed by atoms with Gasteiger partial charge in [0.05, 0.1) is 11.3 Å². The number of fused-ring (bicyclic) bond motifs is 1. The van der Waals surface area contributed by atoms with Crippen LogP contribution in [-0.2, 0) is 6.18 Å². The molecule has 1 aromatic carbocycles. The van der Waals surface area contributed by atoms with Crippen LogP contribution >= 0.6 is 0 Å². The number of hydrogen-bond acceptors (Lipinski definition) is 3. The van der Waals surface area contributed by atoms with Gasteiger partial charge in [-0.05, 0) is 12.1 Å². The van der Waals surface area contributed by atoms with Crippen molar-refractivity contribution < 1.29 is 13.2 Å². The smallest absolute Gasteiger partial charge is 0.397 e. The van der Waals surface area contributed by atoms with Gasteiger partial charge in [0.25, 0.3) is 0 Å². The number of hydrogen-bond donors (Lipinski definition) is 2. The van der Waals surface area contributed by atoms with Crippen molar-refractivity contribution in [1.82, 2.24) is 15.4 Å². The van der Waals surface area contributed by atoms with E-state index in [1.807, 2.05) is 0 Å². The highest BCUT2D eigenvalue weighted by molar-refractivity contribution is 5.86. The maximum Gasteiger partial charge on any atom is 0.416 e. The molecule has 3 N–H and O–H groups in total. The number of aromatic amines is 1. The molecule has 0 aliphatic carbocycles. The minimum Gasteiger partial charge on any atom is -0.397 e. The van der Waals surface area contributed by atoms with E-state index in [2.05, 4.69) is 15.4 Å². The second-order valence-electron chi connectivity index (χ2n) is 2.77. The van der Waals surface area contributed by atoms with Crippen LogP contribution in [0.4, 0.5) is 18.9 Å². The first kappa shape index (κ1) is 8.79. The SMILES string of the molecule is Nc1cc(C(F)(F)F)cc2nn[nH]c12. The fourth-order valence-corrected chi connectivity index (χ4v) is 1.14. The average molecular weight is 202 g/mol. The summed E-state index contributed by atoms with van der Waals surface area (Å²) >= 11 is 0. The molecule has 2 aromatic rings. The Morgan fingerprint density at radius 3 is 2.64 bits per heavy atom. The third kappa shape index (κ3) is 1.26. The number of anilines is 1. The molecule has 1 aromatic heterocycles. The molecular formula is C7H5F3N4. The van der Waals surface area contributed by atoms with Crippen LogP contribution in [0.2, 0.25) is 0 Å². The van der Waals surface area contributed by atoms with Crippen molar-refractivity contribution in [2.24, 2.45) is 0 Å². The molecule has 0 atom stereocenters. The fourth-order valence-electron chi connectivity index (χ4n) is 1.14. The Labute approximate surface area is 75.9 Å². The number of nitrogen functional groups attached to an aromatic ring is 1. The highest BCUT2D eigenvalue weighted by Crippen LogP contribution is 2.32. The van der Waals surface area contributed by atoms with Crippen LogP contribution < -0.4 is 5.73 Å². The van der Waals surface area contributed by atoms with E-state index in [0.717, 1.165) is 12.1 Å². The van der Waals surface area contributed by atoms with Crippen molar-refractivity contribution in [3.63, 3.8) is 0 Å². The first-order valence-corrected chi connectivity index (χ1v) is 3.66. The van der Waals surface area contributed by atoms with Crippen molar-refractivity contribution in [2.45, 2.75) is 6.18 Å². The molecule has 0 spiro atoms. The predicted octanol–water partition coefficient (Wildman–Crippen LogP) is 1.56. The molecule has 0 unspecified atom stereocenters. The summed E-state index contributed by atoms with van der Waals surface area (Å²) in [5.41, 5.74) is 4.98. The van der Waals surface area contributed by atoms with E-state index in [-0.39, 0.29) is 11.2 Å². The molecule has 1 heterocycles. The minimum absolute atomic E-state index is 0.0141. The molecule has 14 heavy (non-hydrogen) atoms. The Morgan fingerprint density at radius 2 is 2.00 bits per heavy atom. The van der Waals surface area contributed by atoms with Crippen molar-refractivity contribution in [3.8, 4) is 0 Å². The van der Waals surface area contributed by atoms with E-state index >= 15 is 0 Å². The average Bonchev–Trinajstić information content (AvgIpc) is 2.50. The second-order valence-corrected chi connectivity index (χ2v) is 2.77. The van der Waals surface area contributed by atoms with Crippen molar-refractivity contribution >= 4 is 16.7 Å². The van der Waals surface area contributed by atoms with Gasteiger partial charge in [-0.3, -0.25) is 5.10 Å². The molecule has 74 valence electrons. The van der Waals surface area contributed by atoms with Gasteiger partial charge in [0.15, 0.2) is 0 Å². The summed E-state index contributed by atoms with van der Waals surface area (Å²) in [7, 11) is 0. The molecule has 0 saturated heterocycles. The van der Waals surface area contributed by atoms with E-state index in [9.17, 15) is 13.2 Å². The molecule has 0 aliphatic rings. The molecule has 0 amide bonds. The highest BCUT2D eigenvalue weighted by Gasteiger charge is 2.31.